The predicted molar refractivity (Wildman–Crippen MR) is 120 cm³/mol. The van der Waals surface area contributed by atoms with Crippen LogP contribution in [0.4, 0.5) is 18.9 Å². The van der Waals surface area contributed by atoms with Gasteiger partial charge < -0.3 is 9.88 Å². The molecule has 0 aliphatic carbocycles. The van der Waals surface area contributed by atoms with Gasteiger partial charge in [0.1, 0.15) is 11.8 Å². The van der Waals surface area contributed by atoms with Gasteiger partial charge in [0, 0.05) is 17.8 Å². The van der Waals surface area contributed by atoms with Gasteiger partial charge in [-0.1, -0.05) is 6.07 Å². The smallest absolute Gasteiger partial charge is 0.320 e. The third-order valence-electron chi connectivity index (χ3n) is 5.26. The number of rotatable bonds is 4. The van der Waals surface area contributed by atoms with Crippen LogP contribution in [0, 0.1) is 11.3 Å². The number of aromatic nitrogens is 5. The molecule has 0 atom stereocenters. The molecule has 35 heavy (non-hydrogen) atoms. The Hall–Kier alpha value is -4.98. The summed E-state index contributed by atoms with van der Waals surface area (Å²) >= 11 is 0. The van der Waals surface area contributed by atoms with Crippen molar-refractivity contribution in [3.05, 3.63) is 96.5 Å². The Morgan fingerprint density at radius 1 is 1.06 bits per heavy atom. The topological polar surface area (TPSA) is 101 Å². The predicted octanol–water partition coefficient (Wildman–Crippen LogP) is 4.75. The van der Waals surface area contributed by atoms with Crippen molar-refractivity contribution in [3.63, 3.8) is 0 Å². The molecule has 5 rings (SSSR count). The van der Waals surface area contributed by atoms with Crippen LogP contribution in [0.15, 0.2) is 79.5 Å². The third-order valence-corrected chi connectivity index (χ3v) is 5.26. The van der Waals surface area contributed by atoms with Crippen LogP contribution >= 0.6 is 0 Å². The Labute approximate surface area is 195 Å². The highest BCUT2D eigenvalue weighted by Gasteiger charge is 2.41. The van der Waals surface area contributed by atoms with Gasteiger partial charge in [0.25, 0.3) is 5.91 Å². The lowest BCUT2D eigenvalue weighted by Crippen LogP contribution is -2.21. The third kappa shape index (κ3) is 3.97. The van der Waals surface area contributed by atoms with Gasteiger partial charge in [0.2, 0.25) is 0 Å². The van der Waals surface area contributed by atoms with E-state index in [0.29, 0.717) is 27.0 Å². The second kappa shape index (κ2) is 8.42. The van der Waals surface area contributed by atoms with Gasteiger partial charge in [-0.15, -0.1) is 0 Å². The lowest BCUT2D eigenvalue weighted by atomic mass is 10.1. The van der Waals surface area contributed by atoms with Gasteiger partial charge in [-0.2, -0.15) is 23.5 Å². The van der Waals surface area contributed by atoms with E-state index in [-0.39, 0.29) is 11.4 Å². The molecule has 11 heteroatoms. The molecular formula is C24H14F3N7O. The number of amides is 1. The maximum Gasteiger partial charge on any atom is 0.434 e. The first kappa shape index (κ1) is 21.8. The summed E-state index contributed by atoms with van der Waals surface area (Å²) in [4.78, 5) is 21.1. The maximum atomic E-state index is 14.2. The van der Waals surface area contributed by atoms with Crippen LogP contribution in [0.1, 0.15) is 21.7 Å². The van der Waals surface area contributed by atoms with Gasteiger partial charge in [0.15, 0.2) is 5.69 Å². The molecule has 4 aromatic heterocycles. The van der Waals surface area contributed by atoms with Crippen LogP contribution in [-0.2, 0) is 6.18 Å². The average molecular weight is 473 g/mol. The Morgan fingerprint density at radius 3 is 2.71 bits per heavy atom. The quantitative estimate of drug-likeness (QED) is 0.406. The number of alkyl halides is 3. The molecule has 0 unspecified atom stereocenters. The zero-order valence-corrected chi connectivity index (χ0v) is 17.7. The van der Waals surface area contributed by atoms with E-state index in [1.165, 1.54) is 35.3 Å². The Bertz CT molecular complexity index is 1610. The minimum absolute atomic E-state index is 0.141. The molecule has 0 spiro atoms. The average Bonchev–Trinajstić information content (AvgIpc) is 3.51. The van der Waals surface area contributed by atoms with Gasteiger partial charge in [-0.25, -0.2) is 4.68 Å². The first-order chi connectivity index (χ1) is 16.9. The summed E-state index contributed by atoms with van der Waals surface area (Å²) in [7, 11) is 0. The molecule has 0 radical (unpaired) electrons. The Morgan fingerprint density at radius 2 is 1.91 bits per heavy atom. The van der Waals surface area contributed by atoms with E-state index in [4.69, 9.17) is 0 Å². The van der Waals surface area contributed by atoms with E-state index in [1.54, 1.807) is 42.6 Å². The molecule has 0 bridgehead atoms. The molecule has 8 nitrogen and oxygen atoms in total. The first-order valence-corrected chi connectivity index (χ1v) is 10.2. The largest absolute Gasteiger partial charge is 0.434 e. The van der Waals surface area contributed by atoms with E-state index < -0.39 is 23.3 Å². The number of nitriles is 1. The fourth-order valence-electron chi connectivity index (χ4n) is 3.77. The second-order valence-corrected chi connectivity index (χ2v) is 7.42. The van der Waals surface area contributed by atoms with Crippen LogP contribution in [0.5, 0.6) is 0 Å². The summed E-state index contributed by atoms with van der Waals surface area (Å²) in [6, 6.07) is 14.7. The zero-order valence-electron chi connectivity index (χ0n) is 17.7. The number of nitrogens with zero attached hydrogens (tertiary/aromatic N) is 6. The van der Waals surface area contributed by atoms with Crippen LogP contribution in [0.2, 0.25) is 0 Å². The Kier molecular flexibility index (Phi) is 5.25. The van der Waals surface area contributed by atoms with Crippen molar-refractivity contribution in [2.24, 2.45) is 0 Å². The fraction of sp³-hybridized carbons (Fsp3) is 0.0417. The highest BCUT2D eigenvalue weighted by atomic mass is 19.4. The van der Waals surface area contributed by atoms with E-state index in [1.807, 2.05) is 6.07 Å². The van der Waals surface area contributed by atoms with Gasteiger partial charge >= 0.3 is 6.18 Å². The van der Waals surface area contributed by atoms with Crippen molar-refractivity contribution >= 4 is 22.5 Å². The van der Waals surface area contributed by atoms with Crippen LogP contribution in [-0.4, -0.2) is 30.2 Å². The number of nitrogens with one attached hydrogen (secondary N) is 1. The normalized spacial score (nSPS) is 11.4. The number of benzene rings is 1. The van der Waals surface area contributed by atoms with Crippen molar-refractivity contribution in [2.45, 2.75) is 6.18 Å². The molecule has 0 aliphatic rings. The van der Waals surface area contributed by atoms with E-state index in [9.17, 15) is 23.2 Å². The summed E-state index contributed by atoms with van der Waals surface area (Å²) in [5, 5.41) is 16.0. The number of pyridine rings is 2. The van der Waals surface area contributed by atoms with E-state index in [0.717, 1.165) is 6.20 Å². The standard InChI is InChI=1S/C24H14F3N7O/c25-24(26,27)22-19(14-31-34(22)21-7-1-6-20-18(21)5-2-8-30-20)23(35)32-15-10-17(13-29-12-15)33-9-3-4-16(33)11-28/h1-10,12-14H,(H,32,35). The highest BCUT2D eigenvalue weighted by Crippen LogP contribution is 2.35. The number of halogens is 3. The first-order valence-electron chi connectivity index (χ1n) is 10.2. The number of carbonyl (C=O) groups excluding carboxylic acids is 1. The van der Waals surface area contributed by atoms with E-state index >= 15 is 0 Å². The van der Waals surface area contributed by atoms with Gasteiger partial charge in [-0.05, 0) is 42.5 Å². The van der Waals surface area contributed by atoms with Crippen LogP contribution in [0.3, 0.4) is 0 Å². The maximum absolute atomic E-state index is 14.2. The summed E-state index contributed by atoms with van der Waals surface area (Å²) in [5.41, 5.74) is -0.290. The minimum Gasteiger partial charge on any atom is -0.320 e. The second-order valence-electron chi connectivity index (χ2n) is 7.42. The molecular weight excluding hydrogens is 459 g/mol. The Balaban J connectivity index is 1.54. The lowest BCUT2D eigenvalue weighted by Gasteiger charge is -2.14. The fourth-order valence-corrected chi connectivity index (χ4v) is 3.77. The monoisotopic (exact) mass is 473 g/mol. The molecule has 1 N–H and O–H groups in total. The van der Waals surface area contributed by atoms with Gasteiger partial charge in [0.05, 0.1) is 46.7 Å². The minimum atomic E-state index is -4.87. The van der Waals surface area contributed by atoms with Crippen molar-refractivity contribution in [2.75, 3.05) is 5.32 Å². The SMILES string of the molecule is N#Cc1cccn1-c1cncc(NC(=O)c2cnn(-c3cccc4ncccc34)c2C(F)(F)F)c1. The summed E-state index contributed by atoms with van der Waals surface area (Å²) in [6.07, 6.45) is 1.93. The van der Waals surface area contributed by atoms with Crippen LogP contribution in [0.25, 0.3) is 22.3 Å². The molecule has 172 valence electrons. The number of hydrogen-bond donors (Lipinski definition) is 1. The number of carbonyl (C=O) groups is 1. The summed E-state index contributed by atoms with van der Waals surface area (Å²) in [5.74, 6) is -1.01. The van der Waals surface area contributed by atoms with Crippen LogP contribution < -0.4 is 5.32 Å². The van der Waals surface area contributed by atoms with Gasteiger partial charge in [-0.3, -0.25) is 14.8 Å². The van der Waals surface area contributed by atoms with Crippen molar-refractivity contribution < 1.29 is 18.0 Å². The molecule has 1 aromatic carbocycles. The van der Waals surface area contributed by atoms with Crippen molar-refractivity contribution in [1.29, 1.82) is 5.26 Å². The van der Waals surface area contributed by atoms with E-state index in [2.05, 4.69) is 20.4 Å². The molecule has 1 amide bonds. The molecule has 0 saturated carbocycles. The molecule has 5 aromatic rings. The molecule has 0 saturated heterocycles. The highest BCUT2D eigenvalue weighted by molar-refractivity contribution is 6.05. The summed E-state index contributed by atoms with van der Waals surface area (Å²) in [6.45, 7) is 0. The number of hydrogen-bond acceptors (Lipinski definition) is 5. The van der Waals surface area contributed by atoms with Crippen molar-refractivity contribution in [3.8, 4) is 17.4 Å². The zero-order chi connectivity index (χ0) is 24.6. The molecule has 0 aliphatic heterocycles. The number of fused-ring (bicyclic) bond motifs is 1. The number of anilines is 1. The van der Waals surface area contributed by atoms with Crippen molar-refractivity contribution in [1.82, 2.24) is 24.3 Å². The summed E-state index contributed by atoms with van der Waals surface area (Å²) < 4.78 is 44.7. The molecule has 4 heterocycles. The molecule has 0 fully saturated rings. The lowest BCUT2D eigenvalue weighted by molar-refractivity contribution is -0.143.